The largest absolute Gasteiger partial charge is 0.312 e. The van der Waals surface area contributed by atoms with Crippen LogP contribution < -0.4 is 5.32 Å². The summed E-state index contributed by atoms with van der Waals surface area (Å²) in [6.45, 7) is 18.6. The Hall–Kier alpha value is -0.960. The summed E-state index contributed by atoms with van der Waals surface area (Å²) in [5.74, 6) is 2.18. The van der Waals surface area contributed by atoms with Gasteiger partial charge in [0.05, 0.1) is 0 Å². The van der Waals surface area contributed by atoms with Crippen LogP contribution in [-0.2, 0) is 12.8 Å². The van der Waals surface area contributed by atoms with E-state index in [9.17, 15) is 0 Å². The lowest BCUT2D eigenvalue weighted by atomic mass is 9.97. The average molecular weight is 291 g/mol. The van der Waals surface area contributed by atoms with Gasteiger partial charge in [0.25, 0.3) is 0 Å². The van der Waals surface area contributed by atoms with Gasteiger partial charge in [0.15, 0.2) is 0 Å². The van der Waals surface area contributed by atoms with Crippen molar-refractivity contribution in [2.45, 2.75) is 73.8 Å². The average Bonchev–Trinajstić information content (AvgIpc) is 2.29. The van der Waals surface area contributed by atoms with Crippen molar-refractivity contribution in [3.8, 4) is 0 Å². The number of rotatable bonds is 6. The zero-order valence-electron chi connectivity index (χ0n) is 15.2. The Morgan fingerprint density at radius 1 is 0.952 bits per heavy atom. The summed E-state index contributed by atoms with van der Waals surface area (Å²) in [7, 11) is 0. The van der Waals surface area contributed by atoms with Gasteiger partial charge in [0, 0.05) is 23.3 Å². The van der Waals surface area contributed by atoms with Crippen LogP contribution >= 0.6 is 0 Å². The highest BCUT2D eigenvalue weighted by atomic mass is 14.9. The topological polar surface area (TPSA) is 37.8 Å². The summed E-state index contributed by atoms with van der Waals surface area (Å²) in [6.07, 6.45) is 2.01. The summed E-state index contributed by atoms with van der Waals surface area (Å²) in [5.41, 5.74) is 3.81. The smallest absolute Gasteiger partial charge is 0.129 e. The summed E-state index contributed by atoms with van der Waals surface area (Å²) < 4.78 is 0. The van der Waals surface area contributed by atoms with Crippen LogP contribution in [0.4, 0.5) is 0 Å². The molecule has 1 aromatic heterocycles. The Labute approximate surface area is 131 Å². The van der Waals surface area contributed by atoms with Crippen LogP contribution in [0.3, 0.4) is 0 Å². The molecule has 1 heterocycles. The number of nitrogens with one attached hydrogen (secondary N) is 1. The van der Waals surface area contributed by atoms with Crippen LogP contribution in [0.1, 0.15) is 64.3 Å². The third kappa shape index (κ3) is 6.56. The van der Waals surface area contributed by atoms with Gasteiger partial charge < -0.3 is 5.32 Å². The molecule has 1 unspecified atom stereocenters. The summed E-state index contributed by atoms with van der Waals surface area (Å²) >= 11 is 0. The van der Waals surface area contributed by atoms with Gasteiger partial charge in [-0.3, -0.25) is 0 Å². The van der Waals surface area contributed by atoms with Crippen molar-refractivity contribution in [1.29, 1.82) is 0 Å². The van der Waals surface area contributed by atoms with Gasteiger partial charge >= 0.3 is 0 Å². The molecule has 0 aliphatic carbocycles. The fourth-order valence-corrected chi connectivity index (χ4v) is 2.46. The molecule has 120 valence electrons. The van der Waals surface area contributed by atoms with Gasteiger partial charge in [0.1, 0.15) is 5.82 Å². The van der Waals surface area contributed by atoms with E-state index in [0.29, 0.717) is 11.8 Å². The summed E-state index contributed by atoms with van der Waals surface area (Å²) in [6, 6.07) is 0. The van der Waals surface area contributed by atoms with E-state index in [1.165, 1.54) is 5.56 Å². The van der Waals surface area contributed by atoms with Gasteiger partial charge in [-0.25, -0.2) is 9.97 Å². The maximum atomic E-state index is 4.70. The lowest BCUT2D eigenvalue weighted by molar-refractivity contribution is 0.381. The number of hydrogen-bond donors (Lipinski definition) is 1. The van der Waals surface area contributed by atoms with Crippen molar-refractivity contribution in [3.05, 3.63) is 22.8 Å². The van der Waals surface area contributed by atoms with Crippen LogP contribution in [0.5, 0.6) is 0 Å². The minimum Gasteiger partial charge on any atom is -0.312 e. The van der Waals surface area contributed by atoms with Crippen molar-refractivity contribution in [2.24, 2.45) is 11.8 Å². The summed E-state index contributed by atoms with van der Waals surface area (Å²) in [5, 5.41) is 3.58. The first-order valence-corrected chi connectivity index (χ1v) is 8.16. The molecule has 0 bridgehead atoms. The van der Waals surface area contributed by atoms with E-state index in [0.717, 1.165) is 36.6 Å². The lowest BCUT2D eigenvalue weighted by Gasteiger charge is -2.24. The second-order valence-electron chi connectivity index (χ2n) is 7.83. The van der Waals surface area contributed by atoms with Crippen LogP contribution in [-0.4, -0.2) is 22.1 Å². The molecule has 0 aliphatic rings. The summed E-state index contributed by atoms with van der Waals surface area (Å²) in [4.78, 5) is 9.41. The molecule has 0 radical (unpaired) electrons. The SMILES string of the molecule is Cc1nc(CC(C)C)nc(C)c1CC(C)CNC(C)(C)C. The fourth-order valence-electron chi connectivity index (χ4n) is 2.46. The minimum atomic E-state index is 0.177. The van der Waals surface area contributed by atoms with E-state index in [4.69, 9.17) is 9.97 Å². The minimum absolute atomic E-state index is 0.177. The van der Waals surface area contributed by atoms with Crippen LogP contribution in [0.15, 0.2) is 0 Å². The molecule has 3 nitrogen and oxygen atoms in total. The van der Waals surface area contributed by atoms with E-state index in [1.54, 1.807) is 0 Å². The fraction of sp³-hybridized carbons (Fsp3) is 0.778. The quantitative estimate of drug-likeness (QED) is 0.865. The maximum Gasteiger partial charge on any atom is 0.129 e. The predicted octanol–water partition coefficient (Wildman–Crippen LogP) is 3.86. The van der Waals surface area contributed by atoms with Crippen molar-refractivity contribution in [1.82, 2.24) is 15.3 Å². The molecule has 0 aliphatic heterocycles. The monoisotopic (exact) mass is 291 g/mol. The normalized spacial score (nSPS) is 13.8. The third-order valence-electron chi connectivity index (χ3n) is 3.59. The molecule has 0 amide bonds. The zero-order chi connectivity index (χ0) is 16.2. The van der Waals surface area contributed by atoms with Gasteiger partial charge in [-0.1, -0.05) is 20.8 Å². The lowest BCUT2D eigenvalue weighted by Crippen LogP contribution is -2.39. The Morgan fingerprint density at radius 3 is 1.90 bits per heavy atom. The van der Waals surface area contributed by atoms with Gasteiger partial charge in [-0.05, 0) is 65.0 Å². The second kappa shape index (κ2) is 7.35. The Balaban J connectivity index is 2.75. The van der Waals surface area contributed by atoms with Crippen molar-refractivity contribution in [2.75, 3.05) is 6.54 Å². The first kappa shape index (κ1) is 18.1. The standard InChI is InChI=1S/C18H33N3/c1-12(2)9-17-20-14(4)16(15(5)21-17)10-13(3)11-19-18(6,7)8/h12-13,19H,9-11H2,1-8H3. The van der Waals surface area contributed by atoms with Crippen LogP contribution in [0, 0.1) is 25.7 Å². The van der Waals surface area contributed by atoms with Crippen molar-refractivity contribution < 1.29 is 0 Å². The van der Waals surface area contributed by atoms with Gasteiger partial charge in [0.2, 0.25) is 0 Å². The first-order chi connectivity index (χ1) is 9.58. The Morgan fingerprint density at radius 2 is 1.48 bits per heavy atom. The van der Waals surface area contributed by atoms with E-state index >= 15 is 0 Å². The Kier molecular flexibility index (Phi) is 6.33. The van der Waals surface area contributed by atoms with Crippen LogP contribution in [0.2, 0.25) is 0 Å². The number of aryl methyl sites for hydroxylation is 2. The molecule has 3 heteroatoms. The zero-order valence-corrected chi connectivity index (χ0v) is 15.2. The highest BCUT2D eigenvalue weighted by Crippen LogP contribution is 2.17. The molecule has 0 aromatic carbocycles. The molecule has 0 saturated carbocycles. The number of nitrogens with zero attached hydrogens (tertiary/aromatic N) is 2. The van der Waals surface area contributed by atoms with E-state index < -0.39 is 0 Å². The highest BCUT2D eigenvalue weighted by Gasteiger charge is 2.15. The molecule has 21 heavy (non-hydrogen) atoms. The number of hydrogen-bond acceptors (Lipinski definition) is 3. The van der Waals surface area contributed by atoms with Gasteiger partial charge in [-0.2, -0.15) is 0 Å². The first-order valence-electron chi connectivity index (χ1n) is 8.16. The molecule has 1 aromatic rings. The molecule has 1 atom stereocenters. The predicted molar refractivity (Wildman–Crippen MR) is 90.7 cm³/mol. The van der Waals surface area contributed by atoms with Crippen molar-refractivity contribution >= 4 is 0 Å². The second-order valence-corrected chi connectivity index (χ2v) is 7.83. The molecular weight excluding hydrogens is 258 g/mol. The molecule has 0 fully saturated rings. The third-order valence-corrected chi connectivity index (χ3v) is 3.59. The molecule has 0 spiro atoms. The maximum absolute atomic E-state index is 4.70. The van der Waals surface area contributed by atoms with E-state index in [-0.39, 0.29) is 5.54 Å². The molecular formula is C18H33N3. The molecule has 0 saturated heterocycles. The van der Waals surface area contributed by atoms with E-state index in [2.05, 4.69) is 60.7 Å². The Bertz CT molecular complexity index is 435. The van der Waals surface area contributed by atoms with Crippen LogP contribution in [0.25, 0.3) is 0 Å². The highest BCUT2D eigenvalue weighted by molar-refractivity contribution is 5.25. The molecule has 1 rings (SSSR count). The van der Waals surface area contributed by atoms with Crippen molar-refractivity contribution in [3.63, 3.8) is 0 Å². The van der Waals surface area contributed by atoms with Gasteiger partial charge in [-0.15, -0.1) is 0 Å². The number of aromatic nitrogens is 2. The molecule has 1 N–H and O–H groups in total. The van der Waals surface area contributed by atoms with E-state index in [1.807, 2.05) is 0 Å².